The van der Waals surface area contributed by atoms with E-state index in [1.165, 1.54) is 45.4 Å². The maximum absolute atomic E-state index is 12.0. The Hall–Kier alpha value is -1.50. The van der Waals surface area contributed by atoms with Gasteiger partial charge in [-0.1, -0.05) is 0 Å². The van der Waals surface area contributed by atoms with Crippen molar-refractivity contribution in [2.24, 2.45) is 23.2 Å². The second-order valence-corrected chi connectivity index (χ2v) is 7.17. The number of aliphatic hydroxyl groups excluding tert-OH is 1. The quantitative estimate of drug-likeness (QED) is 0.472. The number of nitrogens with one attached hydrogen (secondary N) is 1. The second-order valence-electron chi connectivity index (χ2n) is 7.17. The first kappa shape index (κ1) is 13.5. The highest BCUT2D eigenvalue weighted by molar-refractivity contribution is 5.97. The Morgan fingerprint density at radius 3 is 2.15 bits per heavy atom. The maximum atomic E-state index is 12.0. The third-order valence-electron chi connectivity index (χ3n) is 5.49. The van der Waals surface area contributed by atoms with Crippen LogP contribution in [0.1, 0.15) is 45.4 Å². The van der Waals surface area contributed by atoms with Gasteiger partial charge in [-0.2, -0.15) is 5.26 Å². The minimum atomic E-state index is -0.428. The van der Waals surface area contributed by atoms with Gasteiger partial charge in [0.25, 0.3) is 5.91 Å². The zero-order valence-corrected chi connectivity index (χ0v) is 12.0. The summed E-state index contributed by atoms with van der Waals surface area (Å²) in [5, 5.41) is 21.1. The van der Waals surface area contributed by atoms with Crippen LogP contribution in [0.15, 0.2) is 11.3 Å². The van der Waals surface area contributed by atoms with E-state index in [9.17, 15) is 9.90 Å². The number of allylic oxidation sites excluding steroid dienone is 1. The number of hydrogen-bond acceptors (Lipinski definition) is 3. The molecule has 4 aliphatic carbocycles. The monoisotopic (exact) mass is 274 g/mol. The number of rotatable bonds is 3. The van der Waals surface area contributed by atoms with E-state index in [0.717, 1.165) is 17.8 Å². The van der Waals surface area contributed by atoms with Gasteiger partial charge in [0.2, 0.25) is 0 Å². The fourth-order valence-corrected chi connectivity index (χ4v) is 5.16. The summed E-state index contributed by atoms with van der Waals surface area (Å²) in [7, 11) is 0. The smallest absolute Gasteiger partial charge is 0.265 e. The van der Waals surface area contributed by atoms with E-state index in [4.69, 9.17) is 5.26 Å². The van der Waals surface area contributed by atoms with Crippen LogP contribution < -0.4 is 5.32 Å². The molecular weight excluding hydrogens is 252 g/mol. The van der Waals surface area contributed by atoms with Crippen molar-refractivity contribution in [1.82, 2.24) is 5.32 Å². The second kappa shape index (κ2) is 4.80. The number of hydrogen-bond donors (Lipinski definition) is 2. The molecule has 1 amide bonds. The number of amides is 1. The minimum absolute atomic E-state index is 0.158. The van der Waals surface area contributed by atoms with Crippen LogP contribution in [0.3, 0.4) is 0 Å². The van der Waals surface area contributed by atoms with Crippen LogP contribution in [-0.4, -0.2) is 17.6 Å². The van der Waals surface area contributed by atoms with Crippen LogP contribution in [0.5, 0.6) is 0 Å². The molecule has 108 valence electrons. The van der Waals surface area contributed by atoms with Gasteiger partial charge in [0.1, 0.15) is 11.8 Å². The average Bonchev–Trinajstić information content (AvgIpc) is 2.35. The lowest BCUT2D eigenvalue weighted by Gasteiger charge is -2.56. The van der Waals surface area contributed by atoms with Gasteiger partial charge in [0, 0.05) is 6.54 Å². The molecule has 0 aromatic carbocycles. The van der Waals surface area contributed by atoms with Crippen LogP contribution in [0.2, 0.25) is 0 Å². The molecular formula is C16H22N2O2. The van der Waals surface area contributed by atoms with E-state index in [1.807, 2.05) is 0 Å². The van der Waals surface area contributed by atoms with Gasteiger partial charge in [0.15, 0.2) is 5.57 Å². The minimum Gasteiger partial charge on any atom is -0.511 e. The van der Waals surface area contributed by atoms with Gasteiger partial charge in [0.05, 0.1) is 0 Å². The summed E-state index contributed by atoms with van der Waals surface area (Å²) in [6.07, 6.45) is 7.82. The van der Waals surface area contributed by atoms with Gasteiger partial charge in [-0.3, -0.25) is 4.79 Å². The standard InChI is InChI=1S/C16H22N2O2/c1-10(19)14(8-17)15(20)18-9-16-5-11-2-12(6-16)4-13(3-11)7-16/h11-13,19H,2-7,9H2,1H3,(H,18,20)/b14-10+. The van der Waals surface area contributed by atoms with E-state index >= 15 is 0 Å². The first-order valence-electron chi connectivity index (χ1n) is 7.59. The topological polar surface area (TPSA) is 73.1 Å². The summed E-state index contributed by atoms with van der Waals surface area (Å²) in [4.78, 5) is 12.0. The maximum Gasteiger partial charge on any atom is 0.265 e. The Kier molecular flexibility index (Phi) is 3.24. The molecule has 2 N–H and O–H groups in total. The first-order chi connectivity index (χ1) is 9.51. The molecule has 4 rings (SSSR count). The Labute approximate surface area is 119 Å². The molecule has 0 aromatic heterocycles. The van der Waals surface area contributed by atoms with Crippen LogP contribution in [0.25, 0.3) is 0 Å². The van der Waals surface area contributed by atoms with Crippen molar-refractivity contribution in [1.29, 1.82) is 5.26 Å². The van der Waals surface area contributed by atoms with Crippen LogP contribution in [0.4, 0.5) is 0 Å². The highest BCUT2D eigenvalue weighted by atomic mass is 16.3. The van der Waals surface area contributed by atoms with Crippen LogP contribution in [-0.2, 0) is 4.79 Å². The van der Waals surface area contributed by atoms with Crippen molar-refractivity contribution in [2.45, 2.75) is 45.4 Å². The predicted octanol–water partition coefficient (Wildman–Crippen LogP) is 2.67. The number of nitriles is 1. The third-order valence-corrected chi connectivity index (χ3v) is 5.49. The lowest BCUT2D eigenvalue weighted by atomic mass is 9.49. The van der Waals surface area contributed by atoms with E-state index < -0.39 is 5.91 Å². The van der Waals surface area contributed by atoms with Crippen molar-refractivity contribution >= 4 is 5.91 Å². The molecule has 4 nitrogen and oxygen atoms in total. The molecule has 4 fully saturated rings. The summed E-state index contributed by atoms with van der Waals surface area (Å²) in [5.74, 6) is 1.93. The van der Waals surface area contributed by atoms with Crippen molar-refractivity contribution in [3.05, 3.63) is 11.3 Å². The number of nitrogens with zero attached hydrogens (tertiary/aromatic N) is 1. The fourth-order valence-electron chi connectivity index (χ4n) is 5.16. The van der Waals surface area contributed by atoms with Crippen molar-refractivity contribution < 1.29 is 9.90 Å². The number of carbonyl (C=O) groups excluding carboxylic acids is 1. The molecule has 4 bridgehead atoms. The zero-order chi connectivity index (χ0) is 14.3. The van der Waals surface area contributed by atoms with Gasteiger partial charge in [-0.15, -0.1) is 0 Å². The molecule has 4 aliphatic rings. The molecule has 0 radical (unpaired) electrons. The van der Waals surface area contributed by atoms with Crippen molar-refractivity contribution in [3.63, 3.8) is 0 Å². The van der Waals surface area contributed by atoms with Crippen molar-refractivity contribution in [2.75, 3.05) is 6.54 Å². The molecule has 4 heteroatoms. The van der Waals surface area contributed by atoms with Gasteiger partial charge < -0.3 is 10.4 Å². The number of aliphatic hydroxyl groups is 1. The molecule has 20 heavy (non-hydrogen) atoms. The van der Waals surface area contributed by atoms with Crippen molar-refractivity contribution in [3.8, 4) is 6.07 Å². The summed E-state index contributed by atoms with van der Waals surface area (Å²) in [6.45, 7) is 2.04. The summed E-state index contributed by atoms with van der Waals surface area (Å²) < 4.78 is 0. The molecule has 0 saturated heterocycles. The summed E-state index contributed by atoms with van der Waals surface area (Å²) >= 11 is 0. The zero-order valence-electron chi connectivity index (χ0n) is 12.0. The van der Waals surface area contributed by atoms with Crippen LogP contribution >= 0.6 is 0 Å². The van der Waals surface area contributed by atoms with E-state index in [0.29, 0.717) is 6.54 Å². The van der Waals surface area contributed by atoms with E-state index in [1.54, 1.807) is 6.07 Å². The molecule has 0 unspecified atom stereocenters. The predicted molar refractivity (Wildman–Crippen MR) is 74.6 cm³/mol. The number of carbonyl (C=O) groups is 1. The molecule has 0 heterocycles. The van der Waals surface area contributed by atoms with Gasteiger partial charge in [-0.25, -0.2) is 0 Å². The first-order valence-corrected chi connectivity index (χ1v) is 7.59. The SMILES string of the molecule is C/C(O)=C(/C#N)C(=O)NCC12CC3CC(CC(C3)C1)C2. The Bertz CT molecular complexity index is 462. The Balaban J connectivity index is 1.66. The van der Waals surface area contributed by atoms with E-state index in [2.05, 4.69) is 5.32 Å². The lowest BCUT2D eigenvalue weighted by molar-refractivity contribution is -0.119. The van der Waals surface area contributed by atoms with Gasteiger partial charge >= 0.3 is 0 Å². The van der Waals surface area contributed by atoms with Gasteiger partial charge in [-0.05, 0) is 68.6 Å². The molecule has 0 spiro atoms. The van der Waals surface area contributed by atoms with E-state index in [-0.39, 0.29) is 16.7 Å². The van der Waals surface area contributed by atoms with Crippen LogP contribution in [0, 0.1) is 34.5 Å². The molecule has 0 aliphatic heterocycles. The largest absolute Gasteiger partial charge is 0.511 e. The lowest BCUT2D eigenvalue weighted by Crippen LogP contribution is -2.51. The molecule has 4 saturated carbocycles. The summed E-state index contributed by atoms with van der Waals surface area (Å²) in [5.41, 5.74) is 0.101. The Morgan fingerprint density at radius 1 is 1.25 bits per heavy atom. The molecule has 0 aromatic rings. The Morgan fingerprint density at radius 2 is 1.75 bits per heavy atom. The average molecular weight is 274 g/mol. The highest BCUT2D eigenvalue weighted by Crippen LogP contribution is 2.59. The molecule has 0 atom stereocenters. The summed E-state index contributed by atoms with van der Waals surface area (Å²) in [6, 6.07) is 1.78. The normalized spacial score (nSPS) is 39.1. The highest BCUT2D eigenvalue weighted by Gasteiger charge is 2.50. The fraction of sp³-hybridized carbons (Fsp3) is 0.750. The third kappa shape index (κ3) is 2.30.